The van der Waals surface area contributed by atoms with Gasteiger partial charge in [-0.25, -0.2) is 9.97 Å². The molecule has 3 nitrogen and oxygen atoms in total. The molecule has 43 heavy (non-hydrogen) atoms. The molecule has 0 fully saturated rings. The van der Waals surface area contributed by atoms with E-state index in [9.17, 15) is 0 Å². The maximum absolute atomic E-state index is 6.53. The summed E-state index contributed by atoms with van der Waals surface area (Å²) in [4.78, 5) is 10.1. The van der Waals surface area contributed by atoms with E-state index < -0.39 is 5.41 Å². The summed E-state index contributed by atoms with van der Waals surface area (Å²) < 4.78 is 6.53. The number of benzene rings is 4. The first kappa shape index (κ1) is 25.7. The van der Waals surface area contributed by atoms with Crippen molar-refractivity contribution in [2.75, 3.05) is 0 Å². The number of hydrogen-bond donors (Lipinski definition) is 0. The molecule has 2 heterocycles. The fourth-order valence-corrected chi connectivity index (χ4v) is 7.30. The van der Waals surface area contributed by atoms with E-state index in [1.165, 1.54) is 22.3 Å². The van der Waals surface area contributed by atoms with Crippen molar-refractivity contribution in [3.8, 4) is 34.1 Å². The Labute approximate surface area is 253 Å². The highest BCUT2D eigenvalue weighted by molar-refractivity contribution is 5.74. The number of hydrogen-bond acceptors (Lipinski definition) is 3. The molecule has 2 atom stereocenters. The van der Waals surface area contributed by atoms with Gasteiger partial charge in [0.2, 0.25) is 0 Å². The van der Waals surface area contributed by atoms with Crippen LogP contribution in [0.3, 0.4) is 0 Å². The van der Waals surface area contributed by atoms with Crippen molar-refractivity contribution in [3.05, 3.63) is 161 Å². The Hall–Kier alpha value is -5.02. The van der Waals surface area contributed by atoms with E-state index in [0.29, 0.717) is 5.92 Å². The van der Waals surface area contributed by atoms with Gasteiger partial charge in [0.05, 0.1) is 16.8 Å². The Morgan fingerprint density at radius 2 is 1.37 bits per heavy atom. The minimum Gasteiger partial charge on any atom is -0.457 e. The molecule has 3 heteroatoms. The number of allylic oxidation sites excluding steroid dienone is 5. The highest BCUT2D eigenvalue weighted by Gasteiger charge is 2.50. The lowest BCUT2D eigenvalue weighted by molar-refractivity contribution is 0.325. The van der Waals surface area contributed by atoms with Gasteiger partial charge in [-0.1, -0.05) is 128 Å². The lowest BCUT2D eigenvalue weighted by Crippen LogP contribution is -2.42. The van der Waals surface area contributed by atoms with E-state index in [1.807, 2.05) is 18.2 Å². The SMILES string of the molecule is CC1C=CC=CC1C1(c2ccc(-c3nc(-c4ccccc4)nc4c3CCC=C4)cc2)c2ccccc2Oc2ccccc21. The second-order valence-corrected chi connectivity index (χ2v) is 11.7. The Balaban J connectivity index is 1.34. The van der Waals surface area contributed by atoms with Crippen molar-refractivity contribution < 1.29 is 4.74 Å². The summed E-state index contributed by atoms with van der Waals surface area (Å²) in [6, 6.07) is 36.6. The third-order valence-electron chi connectivity index (χ3n) is 9.28. The number of nitrogens with zero attached hydrogens (tertiary/aromatic N) is 2. The summed E-state index contributed by atoms with van der Waals surface area (Å²) in [6.07, 6.45) is 15.4. The molecule has 2 aliphatic carbocycles. The summed E-state index contributed by atoms with van der Waals surface area (Å²) >= 11 is 0. The minimum atomic E-state index is -0.423. The average Bonchev–Trinajstić information content (AvgIpc) is 3.07. The normalized spacial score (nSPS) is 19.2. The Morgan fingerprint density at radius 1 is 0.698 bits per heavy atom. The fourth-order valence-electron chi connectivity index (χ4n) is 7.30. The molecule has 0 radical (unpaired) electrons. The molecule has 5 aromatic rings. The van der Waals surface area contributed by atoms with E-state index in [1.54, 1.807) is 0 Å². The van der Waals surface area contributed by atoms with Gasteiger partial charge in [0.15, 0.2) is 5.82 Å². The zero-order valence-corrected chi connectivity index (χ0v) is 24.2. The van der Waals surface area contributed by atoms with Crippen LogP contribution < -0.4 is 4.74 Å². The predicted molar refractivity (Wildman–Crippen MR) is 174 cm³/mol. The molecule has 0 amide bonds. The molecule has 2 unspecified atom stereocenters. The highest BCUT2D eigenvalue weighted by atomic mass is 16.5. The summed E-state index contributed by atoms with van der Waals surface area (Å²) in [5.41, 5.74) is 8.65. The van der Waals surface area contributed by atoms with Gasteiger partial charge in [-0.15, -0.1) is 0 Å². The number of para-hydroxylation sites is 2. The fraction of sp³-hybridized carbons (Fsp3) is 0.150. The monoisotopic (exact) mass is 556 g/mol. The van der Waals surface area contributed by atoms with Crippen LogP contribution in [0.4, 0.5) is 0 Å². The molecular formula is C40H32N2O. The smallest absolute Gasteiger partial charge is 0.160 e. The molecule has 0 saturated carbocycles. The largest absolute Gasteiger partial charge is 0.457 e. The van der Waals surface area contributed by atoms with Crippen molar-refractivity contribution in [2.24, 2.45) is 11.8 Å². The first-order chi connectivity index (χ1) is 21.2. The molecule has 8 rings (SSSR count). The van der Waals surface area contributed by atoms with Gasteiger partial charge < -0.3 is 4.74 Å². The van der Waals surface area contributed by atoms with Crippen LogP contribution in [0.25, 0.3) is 28.7 Å². The second-order valence-electron chi connectivity index (χ2n) is 11.7. The zero-order chi connectivity index (χ0) is 28.8. The van der Waals surface area contributed by atoms with Gasteiger partial charge in [-0.3, -0.25) is 0 Å². The maximum atomic E-state index is 6.53. The molecule has 208 valence electrons. The van der Waals surface area contributed by atoms with Crippen LogP contribution >= 0.6 is 0 Å². The predicted octanol–water partition coefficient (Wildman–Crippen LogP) is 9.59. The molecule has 3 aliphatic rings. The lowest BCUT2D eigenvalue weighted by atomic mass is 9.57. The average molecular weight is 557 g/mol. The molecule has 0 spiro atoms. The Kier molecular flexibility index (Phi) is 6.18. The lowest BCUT2D eigenvalue weighted by Gasteiger charge is -2.47. The van der Waals surface area contributed by atoms with E-state index >= 15 is 0 Å². The first-order valence-electron chi connectivity index (χ1n) is 15.2. The van der Waals surface area contributed by atoms with Crippen LogP contribution in [0.1, 0.15) is 41.3 Å². The molecule has 0 bridgehead atoms. The molecular weight excluding hydrogens is 524 g/mol. The third-order valence-corrected chi connectivity index (χ3v) is 9.28. The highest BCUT2D eigenvalue weighted by Crippen LogP contribution is 2.58. The van der Waals surface area contributed by atoms with Crippen molar-refractivity contribution in [1.82, 2.24) is 9.97 Å². The van der Waals surface area contributed by atoms with Crippen molar-refractivity contribution in [1.29, 1.82) is 0 Å². The zero-order valence-electron chi connectivity index (χ0n) is 24.2. The maximum Gasteiger partial charge on any atom is 0.160 e. The van der Waals surface area contributed by atoms with Crippen LogP contribution in [0.15, 0.2) is 134 Å². The molecule has 1 aromatic heterocycles. The van der Waals surface area contributed by atoms with Gasteiger partial charge >= 0.3 is 0 Å². The van der Waals surface area contributed by atoms with Crippen molar-refractivity contribution in [2.45, 2.75) is 25.2 Å². The molecule has 0 saturated heterocycles. The van der Waals surface area contributed by atoms with Gasteiger partial charge in [-0.05, 0) is 42.5 Å². The quantitative estimate of drug-likeness (QED) is 0.221. The second kappa shape index (κ2) is 10.4. The van der Waals surface area contributed by atoms with Gasteiger partial charge in [0.1, 0.15) is 11.5 Å². The van der Waals surface area contributed by atoms with E-state index in [2.05, 4.69) is 128 Å². The third kappa shape index (κ3) is 4.11. The number of aromatic nitrogens is 2. The topological polar surface area (TPSA) is 35.0 Å². The van der Waals surface area contributed by atoms with Crippen LogP contribution in [-0.4, -0.2) is 9.97 Å². The molecule has 1 aliphatic heterocycles. The minimum absolute atomic E-state index is 0.205. The van der Waals surface area contributed by atoms with Gasteiger partial charge in [0.25, 0.3) is 0 Å². The molecule has 0 N–H and O–H groups in total. The molecule has 4 aromatic carbocycles. The number of ether oxygens (including phenoxy) is 1. The van der Waals surface area contributed by atoms with E-state index in [0.717, 1.165) is 52.7 Å². The van der Waals surface area contributed by atoms with Crippen LogP contribution in [0.5, 0.6) is 11.5 Å². The van der Waals surface area contributed by atoms with E-state index in [4.69, 9.17) is 14.7 Å². The van der Waals surface area contributed by atoms with E-state index in [-0.39, 0.29) is 5.92 Å². The summed E-state index contributed by atoms with van der Waals surface area (Å²) in [5, 5.41) is 0. The first-order valence-corrected chi connectivity index (χ1v) is 15.2. The van der Waals surface area contributed by atoms with Crippen molar-refractivity contribution in [3.63, 3.8) is 0 Å². The summed E-state index contributed by atoms with van der Waals surface area (Å²) in [7, 11) is 0. The van der Waals surface area contributed by atoms with Crippen molar-refractivity contribution >= 4 is 6.08 Å². The van der Waals surface area contributed by atoms with Crippen LogP contribution in [0, 0.1) is 11.8 Å². The standard InChI is InChI=1S/C40H32N2O/c1-27-13-5-7-17-32(27)40(33-18-8-11-21-36(33)43-37-22-12-9-19-34(37)40)30-25-23-28(24-26-30)38-31-16-6-10-20-35(31)41-39(42-38)29-14-3-2-4-15-29/h2-5,7-15,17-27,32H,6,16H2,1H3. The number of fused-ring (bicyclic) bond motifs is 3. The van der Waals surface area contributed by atoms with Crippen LogP contribution in [0.2, 0.25) is 0 Å². The number of rotatable bonds is 4. The Bertz CT molecular complexity index is 1870. The van der Waals surface area contributed by atoms with Crippen LogP contribution in [-0.2, 0) is 11.8 Å². The Morgan fingerprint density at radius 3 is 2.09 bits per heavy atom. The summed E-state index contributed by atoms with van der Waals surface area (Å²) in [6.45, 7) is 2.33. The summed E-state index contributed by atoms with van der Waals surface area (Å²) in [5.74, 6) is 3.14. The van der Waals surface area contributed by atoms with Gasteiger partial charge in [-0.2, -0.15) is 0 Å². The van der Waals surface area contributed by atoms with Gasteiger partial charge in [0, 0.05) is 33.7 Å².